The van der Waals surface area contributed by atoms with Gasteiger partial charge in [0.15, 0.2) is 6.29 Å². The fourth-order valence-corrected chi connectivity index (χ4v) is 4.29. The average Bonchev–Trinajstić information content (AvgIpc) is 3.17. The maximum Gasteiger partial charge on any atom is 0.319 e. The van der Waals surface area contributed by atoms with Gasteiger partial charge in [-0.2, -0.15) is 5.26 Å². The number of carbonyl (C=O) groups excluding carboxylic acids is 2. The molecular formula is C20H25N5O5. The number of hydrogen-bond acceptors (Lipinski definition) is 7. The minimum Gasteiger partial charge on any atom is -0.389 e. The molecule has 0 spiro atoms. The van der Waals surface area contributed by atoms with Gasteiger partial charge in [-0.15, -0.1) is 0 Å². The standard InChI is InChI=1S/C20H25N5O5/c1-12(26)24-5-7-25(8-6-24)17-18(27)16(15-11-29-19(17)30-15)23-20(28)22-14-4-2-3-13(9-14)10-21/h2-4,9,15-19,27H,5-8,11H2,1H3,(H2,22,23,28)/t15-,16+,17-,18-,19+/m0/s1. The van der Waals surface area contributed by atoms with Gasteiger partial charge in [-0.05, 0) is 18.2 Å². The Labute approximate surface area is 174 Å². The Bertz CT molecular complexity index is 850. The van der Waals surface area contributed by atoms with E-state index in [0.29, 0.717) is 37.4 Å². The summed E-state index contributed by atoms with van der Waals surface area (Å²) >= 11 is 0. The van der Waals surface area contributed by atoms with E-state index in [1.807, 2.05) is 6.07 Å². The van der Waals surface area contributed by atoms with Crippen molar-refractivity contribution in [2.24, 2.45) is 0 Å². The molecule has 3 fully saturated rings. The van der Waals surface area contributed by atoms with Crippen molar-refractivity contribution < 1.29 is 24.2 Å². The third kappa shape index (κ3) is 4.11. The minimum atomic E-state index is -0.892. The molecule has 3 aliphatic rings. The van der Waals surface area contributed by atoms with Crippen LogP contribution in [0, 0.1) is 11.3 Å². The van der Waals surface area contributed by atoms with Gasteiger partial charge in [0.2, 0.25) is 5.91 Å². The van der Waals surface area contributed by atoms with E-state index in [4.69, 9.17) is 14.7 Å². The monoisotopic (exact) mass is 415 g/mol. The summed E-state index contributed by atoms with van der Waals surface area (Å²) in [6.45, 7) is 4.15. The van der Waals surface area contributed by atoms with Gasteiger partial charge < -0.3 is 30.1 Å². The second-order valence-electron chi connectivity index (χ2n) is 7.72. The molecule has 5 atom stereocenters. The zero-order chi connectivity index (χ0) is 21.3. The van der Waals surface area contributed by atoms with Crippen molar-refractivity contribution >= 4 is 17.6 Å². The predicted octanol–water partition coefficient (Wildman–Crippen LogP) is -0.303. The number of aliphatic hydroxyl groups excluding tert-OH is 1. The molecule has 3 aliphatic heterocycles. The third-order valence-electron chi connectivity index (χ3n) is 5.86. The molecule has 4 rings (SSSR count). The first kappa shape index (κ1) is 20.6. The number of carbonyl (C=O) groups is 2. The zero-order valence-corrected chi connectivity index (χ0v) is 16.7. The maximum atomic E-state index is 12.5. The highest BCUT2D eigenvalue weighted by Gasteiger charge is 2.52. The molecule has 2 bridgehead atoms. The number of fused-ring (bicyclic) bond motifs is 2. The molecule has 0 saturated carbocycles. The van der Waals surface area contributed by atoms with Gasteiger partial charge in [-0.25, -0.2) is 4.79 Å². The summed E-state index contributed by atoms with van der Waals surface area (Å²) in [5.74, 6) is 0.0314. The summed E-state index contributed by atoms with van der Waals surface area (Å²) in [5, 5.41) is 25.5. The van der Waals surface area contributed by atoms with Gasteiger partial charge in [0.1, 0.15) is 6.10 Å². The Hall–Kier alpha value is -2.71. The number of benzene rings is 1. The number of aliphatic hydroxyl groups is 1. The second-order valence-corrected chi connectivity index (χ2v) is 7.72. The second kappa shape index (κ2) is 8.57. The van der Waals surface area contributed by atoms with Gasteiger partial charge >= 0.3 is 6.03 Å². The number of nitrogens with zero attached hydrogens (tertiary/aromatic N) is 3. The SMILES string of the molecule is CC(=O)N1CCN([C@@H]2[C@@H]3OC[C@H](O3)[C@@H](NC(=O)Nc3cccc(C#N)c3)[C@@H]2O)CC1. The predicted molar refractivity (Wildman–Crippen MR) is 105 cm³/mol. The molecule has 3 amide bonds. The Balaban J connectivity index is 1.41. The van der Waals surface area contributed by atoms with E-state index in [1.165, 1.54) is 0 Å². The molecule has 0 aliphatic carbocycles. The number of rotatable bonds is 3. The van der Waals surface area contributed by atoms with E-state index in [1.54, 1.807) is 36.1 Å². The van der Waals surface area contributed by atoms with Crippen LogP contribution in [0.4, 0.5) is 10.5 Å². The van der Waals surface area contributed by atoms with Crippen molar-refractivity contribution in [3.8, 4) is 6.07 Å². The summed E-state index contributed by atoms with van der Waals surface area (Å²) in [4.78, 5) is 27.9. The summed E-state index contributed by atoms with van der Waals surface area (Å²) in [5.41, 5.74) is 0.917. The lowest BCUT2D eigenvalue weighted by atomic mass is 9.94. The van der Waals surface area contributed by atoms with Crippen molar-refractivity contribution in [1.29, 1.82) is 5.26 Å². The number of amides is 3. The van der Waals surface area contributed by atoms with E-state index in [9.17, 15) is 14.7 Å². The highest BCUT2D eigenvalue weighted by atomic mass is 16.7. The van der Waals surface area contributed by atoms with Gasteiger partial charge in [0, 0.05) is 38.8 Å². The van der Waals surface area contributed by atoms with Crippen LogP contribution >= 0.6 is 0 Å². The fourth-order valence-electron chi connectivity index (χ4n) is 4.29. The van der Waals surface area contributed by atoms with Crippen LogP contribution < -0.4 is 10.6 Å². The topological polar surface area (TPSA) is 127 Å². The van der Waals surface area contributed by atoms with Crippen molar-refractivity contribution in [2.45, 2.75) is 37.5 Å². The molecule has 0 radical (unpaired) electrons. The average molecular weight is 415 g/mol. The third-order valence-corrected chi connectivity index (χ3v) is 5.86. The number of urea groups is 1. The molecule has 0 aromatic heterocycles. The molecule has 30 heavy (non-hydrogen) atoms. The van der Waals surface area contributed by atoms with Crippen molar-refractivity contribution in [1.82, 2.24) is 15.1 Å². The molecule has 1 aromatic carbocycles. The van der Waals surface area contributed by atoms with Crippen LogP contribution in [-0.4, -0.2) is 90.2 Å². The van der Waals surface area contributed by atoms with Gasteiger partial charge in [0.05, 0.1) is 36.4 Å². The first-order chi connectivity index (χ1) is 14.5. The van der Waals surface area contributed by atoms with Crippen molar-refractivity contribution in [3.63, 3.8) is 0 Å². The van der Waals surface area contributed by atoms with Crippen molar-refractivity contribution in [2.75, 3.05) is 38.1 Å². The van der Waals surface area contributed by atoms with Gasteiger partial charge in [-0.1, -0.05) is 6.07 Å². The zero-order valence-electron chi connectivity index (χ0n) is 16.7. The van der Waals surface area contributed by atoms with Crippen LogP contribution in [0.2, 0.25) is 0 Å². The maximum absolute atomic E-state index is 12.5. The highest BCUT2D eigenvalue weighted by molar-refractivity contribution is 5.89. The van der Waals surface area contributed by atoms with E-state index < -0.39 is 36.6 Å². The Morgan fingerprint density at radius 2 is 2.03 bits per heavy atom. The van der Waals surface area contributed by atoms with Crippen LogP contribution in [0.15, 0.2) is 24.3 Å². The van der Waals surface area contributed by atoms with Crippen LogP contribution in [-0.2, 0) is 14.3 Å². The van der Waals surface area contributed by atoms with E-state index in [2.05, 4.69) is 15.5 Å². The number of ether oxygens (including phenoxy) is 2. The highest BCUT2D eigenvalue weighted by Crippen LogP contribution is 2.32. The normalized spacial score (nSPS) is 31.1. The Morgan fingerprint density at radius 1 is 1.27 bits per heavy atom. The molecular weight excluding hydrogens is 390 g/mol. The summed E-state index contributed by atoms with van der Waals surface area (Å²) in [7, 11) is 0. The molecule has 10 heteroatoms. The van der Waals surface area contributed by atoms with E-state index >= 15 is 0 Å². The summed E-state index contributed by atoms with van der Waals surface area (Å²) in [6, 6.07) is 7.01. The molecule has 3 heterocycles. The number of nitriles is 1. The lowest BCUT2D eigenvalue weighted by Gasteiger charge is -2.46. The number of nitrogens with one attached hydrogen (secondary N) is 2. The molecule has 160 valence electrons. The lowest BCUT2D eigenvalue weighted by molar-refractivity contribution is -0.185. The largest absolute Gasteiger partial charge is 0.389 e. The van der Waals surface area contributed by atoms with Gasteiger partial charge in [0.25, 0.3) is 0 Å². The minimum absolute atomic E-state index is 0.0314. The number of hydrogen-bond donors (Lipinski definition) is 3. The first-order valence-electron chi connectivity index (χ1n) is 9.98. The van der Waals surface area contributed by atoms with Crippen molar-refractivity contribution in [3.05, 3.63) is 29.8 Å². The summed E-state index contributed by atoms with van der Waals surface area (Å²) < 4.78 is 11.7. The van der Waals surface area contributed by atoms with Crippen LogP contribution in [0.3, 0.4) is 0 Å². The lowest BCUT2D eigenvalue weighted by Crippen LogP contribution is -2.67. The first-order valence-corrected chi connectivity index (χ1v) is 9.98. The Morgan fingerprint density at radius 3 is 2.73 bits per heavy atom. The summed E-state index contributed by atoms with van der Waals surface area (Å²) in [6.07, 6.45) is -1.91. The van der Waals surface area contributed by atoms with E-state index in [-0.39, 0.29) is 12.5 Å². The van der Waals surface area contributed by atoms with E-state index in [0.717, 1.165) is 0 Å². The molecule has 3 saturated heterocycles. The number of anilines is 1. The number of piperazine rings is 1. The van der Waals surface area contributed by atoms with Crippen LogP contribution in [0.1, 0.15) is 12.5 Å². The molecule has 3 N–H and O–H groups in total. The fraction of sp³-hybridized carbons (Fsp3) is 0.550. The quantitative estimate of drug-likeness (QED) is 0.618. The van der Waals surface area contributed by atoms with Crippen LogP contribution in [0.5, 0.6) is 0 Å². The van der Waals surface area contributed by atoms with Crippen LogP contribution in [0.25, 0.3) is 0 Å². The van der Waals surface area contributed by atoms with Gasteiger partial charge in [-0.3, -0.25) is 9.69 Å². The molecule has 1 aromatic rings. The molecule has 10 nitrogen and oxygen atoms in total. The smallest absolute Gasteiger partial charge is 0.319 e. The molecule has 0 unspecified atom stereocenters. The Kier molecular flexibility index (Phi) is 5.87.